The molecule has 1 aliphatic rings. The first-order valence-corrected chi connectivity index (χ1v) is 7.64. The lowest BCUT2D eigenvalue weighted by Crippen LogP contribution is -2.22. The summed E-state index contributed by atoms with van der Waals surface area (Å²) < 4.78 is 0. The van der Waals surface area contributed by atoms with E-state index in [1.165, 1.54) is 11.3 Å². The summed E-state index contributed by atoms with van der Waals surface area (Å²) in [5.74, 6) is 6.83. The summed E-state index contributed by atoms with van der Waals surface area (Å²) in [4.78, 5) is 16.8. The third-order valence-electron chi connectivity index (χ3n) is 2.41. The maximum absolute atomic E-state index is 11.8. The standard InChI is InChI=1S/C12H14N2O2S2/c15-6-2-1-4-9-8-13-12(18-9)14-11(16)10-5-3-7-17-10/h8,10,15H,2-3,5-7H2,(H,13,14,16). The van der Waals surface area contributed by atoms with Gasteiger partial charge in [-0.15, -0.1) is 11.8 Å². The first-order valence-electron chi connectivity index (χ1n) is 5.77. The molecule has 2 rings (SSSR count). The van der Waals surface area contributed by atoms with Crippen LogP contribution < -0.4 is 5.32 Å². The Morgan fingerprint density at radius 3 is 3.28 bits per heavy atom. The minimum absolute atomic E-state index is 0.0433. The second-order valence-electron chi connectivity index (χ2n) is 3.80. The van der Waals surface area contributed by atoms with E-state index in [0.29, 0.717) is 11.6 Å². The number of carbonyl (C=O) groups excluding carboxylic acids is 1. The van der Waals surface area contributed by atoms with Gasteiger partial charge in [-0.1, -0.05) is 23.2 Å². The number of carbonyl (C=O) groups is 1. The van der Waals surface area contributed by atoms with Crippen LogP contribution in [0.15, 0.2) is 6.20 Å². The van der Waals surface area contributed by atoms with Crippen molar-refractivity contribution >= 4 is 34.1 Å². The van der Waals surface area contributed by atoms with Crippen molar-refractivity contribution in [2.45, 2.75) is 24.5 Å². The molecule has 0 radical (unpaired) electrons. The minimum atomic E-state index is 0.0433. The van der Waals surface area contributed by atoms with E-state index in [4.69, 9.17) is 5.11 Å². The van der Waals surface area contributed by atoms with E-state index in [-0.39, 0.29) is 17.8 Å². The van der Waals surface area contributed by atoms with Gasteiger partial charge in [0.05, 0.1) is 22.9 Å². The molecule has 2 heterocycles. The lowest BCUT2D eigenvalue weighted by Gasteiger charge is -2.06. The van der Waals surface area contributed by atoms with Crippen molar-refractivity contribution in [2.75, 3.05) is 17.7 Å². The van der Waals surface area contributed by atoms with Crippen LogP contribution in [0.2, 0.25) is 0 Å². The lowest BCUT2D eigenvalue weighted by molar-refractivity contribution is -0.115. The van der Waals surface area contributed by atoms with E-state index in [1.54, 1.807) is 18.0 Å². The second-order valence-corrected chi connectivity index (χ2v) is 6.14. The number of rotatable bonds is 3. The smallest absolute Gasteiger partial charge is 0.239 e. The maximum atomic E-state index is 11.8. The van der Waals surface area contributed by atoms with Gasteiger partial charge >= 0.3 is 0 Å². The fourth-order valence-corrected chi connectivity index (χ4v) is 3.42. The van der Waals surface area contributed by atoms with Crippen LogP contribution in [-0.4, -0.2) is 33.6 Å². The Morgan fingerprint density at radius 1 is 1.67 bits per heavy atom. The Labute approximate surface area is 114 Å². The third kappa shape index (κ3) is 3.73. The van der Waals surface area contributed by atoms with Crippen molar-refractivity contribution in [1.82, 2.24) is 4.98 Å². The molecule has 1 aliphatic heterocycles. The molecule has 1 unspecified atom stereocenters. The number of anilines is 1. The molecule has 18 heavy (non-hydrogen) atoms. The molecule has 0 bridgehead atoms. The van der Waals surface area contributed by atoms with Crippen LogP contribution in [0.3, 0.4) is 0 Å². The van der Waals surface area contributed by atoms with Gasteiger partial charge in [0.15, 0.2) is 5.13 Å². The molecule has 6 heteroatoms. The quantitative estimate of drug-likeness (QED) is 0.829. The van der Waals surface area contributed by atoms with E-state index < -0.39 is 0 Å². The van der Waals surface area contributed by atoms with E-state index >= 15 is 0 Å². The number of hydrogen-bond donors (Lipinski definition) is 2. The third-order valence-corrected chi connectivity index (χ3v) is 4.61. The summed E-state index contributed by atoms with van der Waals surface area (Å²) >= 11 is 3.07. The molecule has 2 N–H and O–H groups in total. The zero-order chi connectivity index (χ0) is 12.8. The van der Waals surface area contributed by atoms with Crippen molar-refractivity contribution < 1.29 is 9.90 Å². The number of aromatic nitrogens is 1. The van der Waals surface area contributed by atoms with Gasteiger partial charge in [-0.05, 0) is 18.6 Å². The predicted molar refractivity (Wildman–Crippen MR) is 74.8 cm³/mol. The summed E-state index contributed by atoms with van der Waals surface area (Å²) in [7, 11) is 0. The van der Waals surface area contributed by atoms with Crippen molar-refractivity contribution in [1.29, 1.82) is 0 Å². The molecule has 1 atom stereocenters. The number of amides is 1. The van der Waals surface area contributed by atoms with E-state index in [1.807, 2.05) is 0 Å². The van der Waals surface area contributed by atoms with Gasteiger partial charge in [0, 0.05) is 6.42 Å². The maximum Gasteiger partial charge on any atom is 0.239 e. The topological polar surface area (TPSA) is 62.2 Å². The van der Waals surface area contributed by atoms with Crippen molar-refractivity contribution in [3.05, 3.63) is 11.1 Å². The van der Waals surface area contributed by atoms with E-state index in [9.17, 15) is 4.79 Å². The summed E-state index contributed by atoms with van der Waals surface area (Å²) in [5, 5.41) is 12.1. The Morgan fingerprint density at radius 2 is 2.56 bits per heavy atom. The first-order chi connectivity index (χ1) is 8.79. The van der Waals surface area contributed by atoms with Gasteiger partial charge in [-0.3, -0.25) is 4.79 Å². The number of nitrogens with zero attached hydrogens (tertiary/aromatic N) is 1. The molecule has 0 aromatic carbocycles. The van der Waals surface area contributed by atoms with Crippen LogP contribution in [0.25, 0.3) is 0 Å². The highest BCUT2D eigenvalue weighted by Gasteiger charge is 2.23. The number of aliphatic hydroxyl groups is 1. The number of thiazole rings is 1. The summed E-state index contributed by atoms with van der Waals surface area (Å²) in [6.07, 6.45) is 4.16. The van der Waals surface area contributed by atoms with Gasteiger partial charge in [0.1, 0.15) is 0 Å². The normalized spacial score (nSPS) is 18.2. The lowest BCUT2D eigenvalue weighted by atomic mass is 10.2. The Balaban J connectivity index is 1.90. The van der Waals surface area contributed by atoms with Crippen LogP contribution in [0, 0.1) is 11.8 Å². The first kappa shape index (κ1) is 13.4. The van der Waals surface area contributed by atoms with Crippen LogP contribution in [-0.2, 0) is 4.79 Å². The van der Waals surface area contributed by atoms with E-state index in [0.717, 1.165) is 23.5 Å². The summed E-state index contributed by atoms with van der Waals surface area (Å²) in [6, 6.07) is 0. The van der Waals surface area contributed by atoms with Crippen LogP contribution in [0.5, 0.6) is 0 Å². The molecule has 96 valence electrons. The Hall–Kier alpha value is -1.03. The highest BCUT2D eigenvalue weighted by molar-refractivity contribution is 8.00. The average molecular weight is 282 g/mol. The zero-order valence-electron chi connectivity index (χ0n) is 9.81. The van der Waals surface area contributed by atoms with Gasteiger partial charge in [-0.2, -0.15) is 0 Å². The number of thioether (sulfide) groups is 1. The molecule has 1 amide bonds. The number of aliphatic hydroxyl groups excluding tert-OH is 1. The largest absolute Gasteiger partial charge is 0.395 e. The van der Waals surface area contributed by atoms with E-state index in [2.05, 4.69) is 22.1 Å². The zero-order valence-corrected chi connectivity index (χ0v) is 11.4. The average Bonchev–Trinajstić information content (AvgIpc) is 3.00. The Kier molecular flexibility index (Phi) is 5.05. The molecular weight excluding hydrogens is 268 g/mol. The molecule has 0 spiro atoms. The molecule has 1 aromatic rings. The van der Waals surface area contributed by atoms with Crippen molar-refractivity contribution in [3.63, 3.8) is 0 Å². The fourth-order valence-electron chi connectivity index (χ4n) is 1.57. The molecule has 0 saturated carbocycles. The van der Waals surface area contributed by atoms with Gasteiger partial charge < -0.3 is 10.4 Å². The fraction of sp³-hybridized carbons (Fsp3) is 0.500. The SMILES string of the molecule is O=C(Nc1ncc(C#CCCO)s1)C1CCCS1. The molecular formula is C12H14N2O2S2. The van der Waals surface area contributed by atoms with Gasteiger partial charge in [0.25, 0.3) is 0 Å². The highest BCUT2D eigenvalue weighted by atomic mass is 32.2. The second kappa shape index (κ2) is 6.78. The summed E-state index contributed by atoms with van der Waals surface area (Å²) in [6.45, 7) is 0.0638. The van der Waals surface area contributed by atoms with Crippen molar-refractivity contribution in [2.24, 2.45) is 0 Å². The monoisotopic (exact) mass is 282 g/mol. The summed E-state index contributed by atoms with van der Waals surface area (Å²) in [5.41, 5.74) is 0. The molecule has 1 fully saturated rings. The molecule has 4 nitrogen and oxygen atoms in total. The molecule has 1 aromatic heterocycles. The van der Waals surface area contributed by atoms with Crippen LogP contribution in [0.4, 0.5) is 5.13 Å². The van der Waals surface area contributed by atoms with Crippen LogP contribution in [0.1, 0.15) is 24.1 Å². The van der Waals surface area contributed by atoms with Gasteiger partial charge in [0.2, 0.25) is 5.91 Å². The number of nitrogens with one attached hydrogen (secondary N) is 1. The number of hydrogen-bond acceptors (Lipinski definition) is 5. The molecule has 0 aliphatic carbocycles. The van der Waals surface area contributed by atoms with Crippen LogP contribution >= 0.6 is 23.1 Å². The van der Waals surface area contributed by atoms with Gasteiger partial charge in [-0.25, -0.2) is 4.98 Å². The predicted octanol–water partition coefficient (Wildman–Crippen LogP) is 1.71. The highest BCUT2D eigenvalue weighted by Crippen LogP contribution is 2.27. The minimum Gasteiger partial charge on any atom is -0.395 e. The van der Waals surface area contributed by atoms with Crippen molar-refractivity contribution in [3.8, 4) is 11.8 Å². The molecule has 1 saturated heterocycles. The Bertz CT molecular complexity index is 470.